The van der Waals surface area contributed by atoms with E-state index < -0.39 is 6.04 Å². The van der Waals surface area contributed by atoms with Crippen molar-refractivity contribution in [3.05, 3.63) is 101 Å². The van der Waals surface area contributed by atoms with Crippen LogP contribution < -0.4 is 5.32 Å². The molecule has 2 amide bonds. The second-order valence-electron chi connectivity index (χ2n) is 7.46. The average molecular weight is 402 g/mol. The van der Waals surface area contributed by atoms with Gasteiger partial charge in [-0.05, 0) is 53.4 Å². The maximum absolute atomic E-state index is 13.5. The number of anilines is 1. The normalized spacial score (nSPS) is 13.8. The highest BCUT2D eigenvalue weighted by Crippen LogP contribution is 2.33. The van der Waals surface area contributed by atoms with Gasteiger partial charge in [-0.3, -0.25) is 9.59 Å². The molecule has 4 rings (SSSR count). The van der Waals surface area contributed by atoms with Gasteiger partial charge in [-0.1, -0.05) is 49.4 Å². The quantitative estimate of drug-likeness (QED) is 0.623. The molecule has 5 heteroatoms. The highest BCUT2D eigenvalue weighted by molar-refractivity contribution is 5.99. The third-order valence-electron chi connectivity index (χ3n) is 5.48. The van der Waals surface area contributed by atoms with Crippen LogP contribution in [0.5, 0.6) is 0 Å². The number of halogens is 1. The summed E-state index contributed by atoms with van der Waals surface area (Å²) in [6, 6.07) is 20.7. The summed E-state index contributed by atoms with van der Waals surface area (Å²) >= 11 is 0. The van der Waals surface area contributed by atoms with Crippen LogP contribution in [0, 0.1) is 5.82 Å². The van der Waals surface area contributed by atoms with Crippen molar-refractivity contribution in [3.8, 4) is 0 Å². The second kappa shape index (κ2) is 8.49. The summed E-state index contributed by atoms with van der Waals surface area (Å²) in [7, 11) is 0. The molecule has 0 saturated carbocycles. The van der Waals surface area contributed by atoms with Gasteiger partial charge in [-0.2, -0.15) is 0 Å². The van der Waals surface area contributed by atoms with E-state index in [1.807, 2.05) is 42.5 Å². The third-order valence-corrected chi connectivity index (χ3v) is 5.48. The average Bonchev–Trinajstić information content (AvgIpc) is 3.09. The molecule has 0 radical (unpaired) electrons. The van der Waals surface area contributed by atoms with E-state index >= 15 is 0 Å². The largest absolute Gasteiger partial charge is 0.327 e. The van der Waals surface area contributed by atoms with Crippen LogP contribution in [0.15, 0.2) is 72.8 Å². The number of rotatable bonds is 6. The molecule has 0 saturated heterocycles. The van der Waals surface area contributed by atoms with Crippen LogP contribution in [0.1, 0.15) is 46.4 Å². The Hall–Kier alpha value is -3.47. The number of benzene rings is 3. The summed E-state index contributed by atoms with van der Waals surface area (Å²) in [6.07, 6.45) is 0.962. The Labute approximate surface area is 175 Å². The van der Waals surface area contributed by atoms with Crippen molar-refractivity contribution >= 4 is 17.5 Å². The van der Waals surface area contributed by atoms with Crippen molar-refractivity contribution in [1.82, 2.24) is 4.90 Å². The predicted octanol–water partition coefficient (Wildman–Crippen LogP) is 5.11. The molecule has 1 aliphatic rings. The minimum absolute atomic E-state index is 0.0850. The minimum Gasteiger partial charge on any atom is -0.327 e. The Balaban J connectivity index is 1.59. The molecule has 0 spiro atoms. The number of fused-ring (bicyclic) bond motifs is 1. The van der Waals surface area contributed by atoms with Gasteiger partial charge >= 0.3 is 0 Å². The Morgan fingerprint density at radius 2 is 1.83 bits per heavy atom. The van der Waals surface area contributed by atoms with Crippen LogP contribution in [0.4, 0.5) is 10.1 Å². The van der Waals surface area contributed by atoms with Gasteiger partial charge in [0.05, 0.1) is 12.5 Å². The molecule has 152 valence electrons. The highest BCUT2D eigenvalue weighted by atomic mass is 19.1. The number of nitrogens with zero attached hydrogens (tertiary/aromatic N) is 1. The number of amides is 2. The fraction of sp³-hybridized carbons (Fsp3) is 0.200. The van der Waals surface area contributed by atoms with Gasteiger partial charge < -0.3 is 10.2 Å². The highest BCUT2D eigenvalue weighted by Gasteiger charge is 2.34. The van der Waals surface area contributed by atoms with E-state index in [1.54, 1.807) is 23.1 Å². The van der Waals surface area contributed by atoms with Gasteiger partial charge in [0.15, 0.2) is 0 Å². The Morgan fingerprint density at radius 3 is 2.57 bits per heavy atom. The van der Waals surface area contributed by atoms with Gasteiger partial charge in [0.2, 0.25) is 5.91 Å². The van der Waals surface area contributed by atoms with Crippen LogP contribution in [-0.4, -0.2) is 16.7 Å². The third kappa shape index (κ3) is 4.10. The monoisotopic (exact) mass is 402 g/mol. The summed E-state index contributed by atoms with van der Waals surface area (Å²) in [4.78, 5) is 27.6. The van der Waals surface area contributed by atoms with Crippen LogP contribution in [0.2, 0.25) is 0 Å². The first kappa shape index (κ1) is 19.8. The molecule has 0 aliphatic carbocycles. The number of carbonyl (C=O) groups excluding carboxylic acids is 2. The van der Waals surface area contributed by atoms with E-state index in [1.165, 1.54) is 12.1 Å². The maximum atomic E-state index is 13.5. The predicted molar refractivity (Wildman–Crippen MR) is 115 cm³/mol. The van der Waals surface area contributed by atoms with E-state index in [2.05, 4.69) is 12.2 Å². The van der Waals surface area contributed by atoms with E-state index in [4.69, 9.17) is 0 Å². The molecule has 0 fully saturated rings. The van der Waals surface area contributed by atoms with Gasteiger partial charge in [0.1, 0.15) is 5.82 Å². The molecule has 3 aromatic rings. The number of carbonyl (C=O) groups is 2. The van der Waals surface area contributed by atoms with E-state index in [-0.39, 0.29) is 24.1 Å². The standard InChI is InChI=1S/C25H23FN2O2/c1-2-17-6-5-8-21(14-17)27-24(29)15-23(18-10-12-20(26)13-11-18)28-16-19-7-3-4-9-22(19)25(28)30/h3-14,23H,2,15-16H2,1H3,(H,27,29)/t23-/m0/s1. The van der Waals surface area contributed by atoms with E-state index in [0.717, 1.165) is 28.8 Å². The molecule has 0 aromatic heterocycles. The van der Waals surface area contributed by atoms with Crippen molar-refractivity contribution in [2.75, 3.05) is 5.32 Å². The lowest BCUT2D eigenvalue weighted by Gasteiger charge is -2.28. The van der Waals surface area contributed by atoms with Crippen molar-refractivity contribution in [3.63, 3.8) is 0 Å². The summed E-state index contributed by atoms with van der Waals surface area (Å²) in [5.74, 6) is -0.656. The van der Waals surface area contributed by atoms with Gasteiger partial charge in [0, 0.05) is 17.8 Å². The molecular weight excluding hydrogens is 379 g/mol. The number of aryl methyl sites for hydroxylation is 1. The van der Waals surface area contributed by atoms with Crippen LogP contribution in [-0.2, 0) is 17.8 Å². The van der Waals surface area contributed by atoms with Crippen molar-refractivity contribution in [2.45, 2.75) is 32.4 Å². The molecule has 1 atom stereocenters. The minimum atomic E-state index is -0.486. The fourth-order valence-corrected chi connectivity index (χ4v) is 3.88. The topological polar surface area (TPSA) is 49.4 Å². The first-order valence-electron chi connectivity index (χ1n) is 10.1. The number of hydrogen-bond donors (Lipinski definition) is 1. The molecule has 1 N–H and O–H groups in total. The Morgan fingerprint density at radius 1 is 1.07 bits per heavy atom. The lowest BCUT2D eigenvalue weighted by Crippen LogP contribution is -2.32. The van der Waals surface area contributed by atoms with E-state index in [0.29, 0.717) is 12.1 Å². The Bertz CT molecular complexity index is 1080. The SMILES string of the molecule is CCc1cccc(NC(=O)C[C@@H](c2ccc(F)cc2)N2Cc3ccccc3C2=O)c1. The molecule has 3 aromatic carbocycles. The first-order chi connectivity index (χ1) is 14.5. The molecule has 0 bridgehead atoms. The zero-order valence-electron chi connectivity index (χ0n) is 16.8. The summed E-state index contributed by atoms with van der Waals surface area (Å²) in [5.41, 5.74) is 4.18. The second-order valence-corrected chi connectivity index (χ2v) is 7.46. The number of hydrogen-bond acceptors (Lipinski definition) is 2. The molecule has 1 heterocycles. The summed E-state index contributed by atoms with van der Waals surface area (Å²) in [6.45, 7) is 2.48. The van der Waals surface area contributed by atoms with Gasteiger partial charge in [0.25, 0.3) is 5.91 Å². The smallest absolute Gasteiger partial charge is 0.255 e. The fourth-order valence-electron chi connectivity index (χ4n) is 3.88. The molecule has 0 unspecified atom stereocenters. The lowest BCUT2D eigenvalue weighted by molar-refractivity contribution is -0.117. The van der Waals surface area contributed by atoms with Crippen molar-refractivity contribution < 1.29 is 14.0 Å². The zero-order chi connectivity index (χ0) is 21.1. The molecule has 30 heavy (non-hydrogen) atoms. The van der Waals surface area contributed by atoms with Gasteiger partial charge in [-0.25, -0.2) is 4.39 Å². The van der Waals surface area contributed by atoms with Crippen LogP contribution in [0.25, 0.3) is 0 Å². The van der Waals surface area contributed by atoms with Crippen molar-refractivity contribution in [2.24, 2.45) is 0 Å². The van der Waals surface area contributed by atoms with Gasteiger partial charge in [-0.15, -0.1) is 0 Å². The molecule has 4 nitrogen and oxygen atoms in total. The lowest BCUT2D eigenvalue weighted by atomic mass is 10.0. The summed E-state index contributed by atoms with van der Waals surface area (Å²) < 4.78 is 13.5. The van der Waals surface area contributed by atoms with Crippen LogP contribution in [0.3, 0.4) is 0 Å². The molecule has 1 aliphatic heterocycles. The van der Waals surface area contributed by atoms with Crippen molar-refractivity contribution in [1.29, 1.82) is 0 Å². The first-order valence-corrected chi connectivity index (χ1v) is 10.1. The molecular formula is C25H23FN2O2. The van der Waals surface area contributed by atoms with Crippen LogP contribution >= 0.6 is 0 Å². The Kier molecular flexibility index (Phi) is 5.61. The summed E-state index contributed by atoms with van der Waals surface area (Å²) in [5, 5.41) is 2.94. The number of nitrogens with one attached hydrogen (secondary N) is 1. The zero-order valence-corrected chi connectivity index (χ0v) is 16.8. The maximum Gasteiger partial charge on any atom is 0.255 e. The van der Waals surface area contributed by atoms with E-state index in [9.17, 15) is 14.0 Å².